The van der Waals surface area contributed by atoms with Crippen molar-refractivity contribution >= 4 is 6.09 Å². The van der Waals surface area contributed by atoms with E-state index < -0.39 is 12.8 Å². The Morgan fingerprint density at radius 3 is 2.53 bits per heavy atom. The van der Waals surface area contributed by atoms with Gasteiger partial charge < -0.3 is 9.64 Å². The van der Waals surface area contributed by atoms with Gasteiger partial charge in [-0.3, -0.25) is 0 Å². The molecule has 0 aliphatic carbocycles. The third kappa shape index (κ3) is 3.69. The topological polar surface area (TPSA) is 29.5 Å². The molecule has 0 unspecified atom stereocenters. The average Bonchev–Trinajstić information content (AvgIpc) is 2.35. The maximum atomic E-state index is 12.7. The fraction of sp³-hybridized carbons (Fsp3) is 0.417. The highest BCUT2D eigenvalue weighted by atomic mass is 19.1. The van der Waals surface area contributed by atoms with Crippen LogP contribution < -0.4 is 0 Å². The van der Waals surface area contributed by atoms with Crippen LogP contribution in [0.1, 0.15) is 18.5 Å². The van der Waals surface area contributed by atoms with Crippen LogP contribution in [-0.2, 0) is 4.74 Å². The molecule has 0 N–H and O–H groups in total. The van der Waals surface area contributed by atoms with E-state index in [2.05, 4.69) is 4.74 Å². The monoisotopic (exact) mass is 243 g/mol. The fourth-order valence-electron chi connectivity index (χ4n) is 1.35. The lowest BCUT2D eigenvalue weighted by atomic mass is 10.1. The first-order valence-electron chi connectivity index (χ1n) is 5.27. The summed E-state index contributed by atoms with van der Waals surface area (Å²) in [6, 6.07) is 5.58. The molecule has 1 aromatic rings. The minimum atomic E-state index is -0.704. The van der Waals surface area contributed by atoms with E-state index in [0.717, 1.165) is 5.56 Å². The molecule has 3 nitrogen and oxygen atoms in total. The second kappa shape index (κ2) is 6.18. The van der Waals surface area contributed by atoms with Gasteiger partial charge in [-0.2, -0.15) is 0 Å². The van der Waals surface area contributed by atoms with E-state index in [1.54, 1.807) is 26.1 Å². The Kier molecular flexibility index (Phi) is 4.87. The summed E-state index contributed by atoms with van der Waals surface area (Å²) in [5.41, 5.74) is 0.783. The van der Waals surface area contributed by atoms with E-state index in [0.29, 0.717) is 0 Å². The molecule has 0 aromatic heterocycles. The van der Waals surface area contributed by atoms with Crippen molar-refractivity contribution in [3.8, 4) is 0 Å². The van der Waals surface area contributed by atoms with E-state index in [1.165, 1.54) is 17.0 Å². The smallest absolute Gasteiger partial charge is 0.410 e. The summed E-state index contributed by atoms with van der Waals surface area (Å²) in [5.74, 6) is -0.330. The van der Waals surface area contributed by atoms with Gasteiger partial charge in [0.25, 0.3) is 0 Å². The van der Waals surface area contributed by atoms with Crippen LogP contribution in [-0.4, -0.2) is 31.3 Å². The van der Waals surface area contributed by atoms with Crippen molar-refractivity contribution in [2.24, 2.45) is 0 Å². The number of hydrogen-bond acceptors (Lipinski definition) is 2. The number of amides is 1. The summed E-state index contributed by atoms with van der Waals surface area (Å²) < 4.78 is 29.2. The molecule has 0 saturated heterocycles. The SMILES string of the molecule is C[C@@H](c1ccc(F)cc1)N(C)C(=O)OCCF. The Labute approximate surface area is 99.0 Å². The molecule has 0 aliphatic rings. The Balaban J connectivity index is 2.65. The Morgan fingerprint density at radius 1 is 1.41 bits per heavy atom. The molecule has 0 bridgehead atoms. The Hall–Kier alpha value is -1.65. The number of benzene rings is 1. The third-order valence-electron chi connectivity index (χ3n) is 2.52. The van der Waals surface area contributed by atoms with Crippen molar-refractivity contribution in [2.75, 3.05) is 20.3 Å². The molecule has 1 rings (SSSR count). The van der Waals surface area contributed by atoms with Crippen LogP contribution in [0, 0.1) is 5.82 Å². The van der Waals surface area contributed by atoms with Crippen LogP contribution in [0.2, 0.25) is 0 Å². The number of rotatable bonds is 4. The quantitative estimate of drug-likeness (QED) is 0.813. The minimum Gasteiger partial charge on any atom is -0.447 e. The third-order valence-corrected chi connectivity index (χ3v) is 2.52. The van der Waals surface area contributed by atoms with Gasteiger partial charge in [0.1, 0.15) is 19.1 Å². The highest BCUT2D eigenvalue weighted by molar-refractivity contribution is 5.67. The predicted octanol–water partition coefficient (Wildman–Crippen LogP) is 2.92. The van der Waals surface area contributed by atoms with Crippen LogP contribution in [0.5, 0.6) is 0 Å². The molecule has 1 amide bonds. The van der Waals surface area contributed by atoms with Crippen molar-refractivity contribution in [1.82, 2.24) is 4.90 Å². The molecule has 1 aromatic carbocycles. The van der Waals surface area contributed by atoms with Gasteiger partial charge in [0.05, 0.1) is 6.04 Å². The predicted molar refractivity (Wildman–Crippen MR) is 59.9 cm³/mol. The molecule has 0 spiro atoms. The summed E-state index contributed by atoms with van der Waals surface area (Å²) >= 11 is 0. The molecule has 1 atom stereocenters. The first-order chi connectivity index (χ1) is 8.06. The zero-order chi connectivity index (χ0) is 12.8. The Morgan fingerprint density at radius 2 is 2.00 bits per heavy atom. The molecular weight excluding hydrogens is 228 g/mol. The number of alkyl halides is 1. The maximum absolute atomic E-state index is 12.7. The maximum Gasteiger partial charge on any atom is 0.410 e. The Bertz CT molecular complexity index is 367. The van der Waals surface area contributed by atoms with Crippen molar-refractivity contribution in [3.05, 3.63) is 35.6 Å². The van der Waals surface area contributed by atoms with Gasteiger partial charge in [-0.15, -0.1) is 0 Å². The van der Waals surface area contributed by atoms with E-state index >= 15 is 0 Å². The van der Waals surface area contributed by atoms with Crippen molar-refractivity contribution in [1.29, 1.82) is 0 Å². The normalized spacial score (nSPS) is 12.0. The van der Waals surface area contributed by atoms with Crippen LogP contribution >= 0.6 is 0 Å². The average molecular weight is 243 g/mol. The lowest BCUT2D eigenvalue weighted by molar-refractivity contribution is 0.0936. The summed E-state index contributed by atoms with van der Waals surface area (Å²) in [6.07, 6.45) is -0.598. The van der Waals surface area contributed by atoms with Crippen LogP contribution in [0.3, 0.4) is 0 Å². The molecule has 0 aliphatic heterocycles. The molecule has 0 fully saturated rings. The fourth-order valence-corrected chi connectivity index (χ4v) is 1.35. The lowest BCUT2D eigenvalue weighted by Crippen LogP contribution is -2.30. The van der Waals surface area contributed by atoms with Gasteiger partial charge in [-0.1, -0.05) is 12.1 Å². The van der Waals surface area contributed by atoms with Crippen molar-refractivity contribution < 1.29 is 18.3 Å². The van der Waals surface area contributed by atoms with E-state index in [9.17, 15) is 13.6 Å². The number of halogens is 2. The second-order valence-corrected chi connectivity index (χ2v) is 3.64. The first kappa shape index (κ1) is 13.4. The van der Waals surface area contributed by atoms with E-state index in [4.69, 9.17) is 0 Å². The highest BCUT2D eigenvalue weighted by Crippen LogP contribution is 2.19. The largest absolute Gasteiger partial charge is 0.447 e. The molecule has 0 heterocycles. The van der Waals surface area contributed by atoms with Crippen molar-refractivity contribution in [3.63, 3.8) is 0 Å². The van der Waals surface area contributed by atoms with Crippen LogP contribution in [0.4, 0.5) is 13.6 Å². The summed E-state index contributed by atoms with van der Waals surface area (Å²) in [7, 11) is 1.55. The molecule has 0 saturated carbocycles. The second-order valence-electron chi connectivity index (χ2n) is 3.64. The van der Waals surface area contributed by atoms with Gasteiger partial charge in [-0.25, -0.2) is 13.6 Å². The number of nitrogens with zero attached hydrogens (tertiary/aromatic N) is 1. The molecule has 94 valence electrons. The van der Waals surface area contributed by atoms with Crippen molar-refractivity contribution in [2.45, 2.75) is 13.0 Å². The molecule has 17 heavy (non-hydrogen) atoms. The van der Waals surface area contributed by atoms with Gasteiger partial charge >= 0.3 is 6.09 Å². The number of carbonyl (C=O) groups is 1. The standard InChI is InChI=1S/C12H15F2NO2/c1-9(10-3-5-11(14)6-4-10)15(2)12(16)17-8-7-13/h3-6,9H,7-8H2,1-2H3/t9-/m0/s1. The molecular formula is C12H15F2NO2. The molecule has 5 heteroatoms. The van der Waals surface area contributed by atoms with Gasteiger partial charge in [0.2, 0.25) is 0 Å². The summed E-state index contributed by atoms with van der Waals surface area (Å²) in [6.45, 7) is 0.827. The highest BCUT2D eigenvalue weighted by Gasteiger charge is 2.18. The number of carbonyl (C=O) groups excluding carboxylic acids is 1. The van der Waals surface area contributed by atoms with E-state index in [-0.39, 0.29) is 18.5 Å². The first-order valence-corrected chi connectivity index (χ1v) is 5.27. The van der Waals surface area contributed by atoms with Gasteiger partial charge in [-0.05, 0) is 24.6 Å². The summed E-state index contributed by atoms with van der Waals surface area (Å²) in [4.78, 5) is 12.8. The molecule has 0 radical (unpaired) electrons. The zero-order valence-electron chi connectivity index (χ0n) is 9.82. The van der Waals surface area contributed by atoms with Gasteiger partial charge in [0, 0.05) is 7.05 Å². The number of ether oxygens (including phenoxy) is 1. The van der Waals surface area contributed by atoms with E-state index in [1.807, 2.05) is 0 Å². The van der Waals surface area contributed by atoms with Gasteiger partial charge in [0.15, 0.2) is 0 Å². The zero-order valence-corrected chi connectivity index (χ0v) is 9.82. The summed E-state index contributed by atoms with van der Waals surface area (Å²) in [5, 5.41) is 0. The minimum absolute atomic E-state index is 0.251. The lowest BCUT2D eigenvalue weighted by Gasteiger charge is -2.24. The van der Waals surface area contributed by atoms with Crippen LogP contribution in [0.15, 0.2) is 24.3 Å². The van der Waals surface area contributed by atoms with Crippen LogP contribution in [0.25, 0.3) is 0 Å². The number of hydrogen-bond donors (Lipinski definition) is 0.